The summed E-state index contributed by atoms with van der Waals surface area (Å²) < 4.78 is 5.39. The van der Waals surface area contributed by atoms with E-state index in [0.717, 1.165) is 35.4 Å². The largest absolute Gasteiger partial charge is 0.444 e. The lowest BCUT2D eigenvalue weighted by molar-refractivity contribution is -0.112. The van der Waals surface area contributed by atoms with Crippen LogP contribution in [0.25, 0.3) is 44.6 Å². The highest BCUT2D eigenvalue weighted by atomic mass is 16.6. The Labute approximate surface area is 425 Å². The number of ether oxygens (including phenoxy) is 1. The summed E-state index contributed by atoms with van der Waals surface area (Å²) in [7, 11) is 2.09. The van der Waals surface area contributed by atoms with Gasteiger partial charge in [0.15, 0.2) is 0 Å². The Kier molecular flexibility index (Phi) is 14.6. The monoisotopic (exact) mass is 992 g/mol. The smallest absolute Gasteiger partial charge is 0.410 e. The minimum Gasteiger partial charge on any atom is -0.444 e. The van der Waals surface area contributed by atoms with E-state index in [2.05, 4.69) is 107 Å². The van der Waals surface area contributed by atoms with Crippen molar-refractivity contribution in [2.45, 2.75) is 38.5 Å². The van der Waals surface area contributed by atoms with Crippen molar-refractivity contribution in [2.24, 2.45) is 0 Å². The number of hydrogen-bond donors (Lipinski definition) is 6. The van der Waals surface area contributed by atoms with Crippen molar-refractivity contribution in [2.75, 3.05) is 65.1 Å². The van der Waals surface area contributed by atoms with Crippen LogP contribution in [0.5, 0.6) is 0 Å². The van der Waals surface area contributed by atoms with Gasteiger partial charge in [-0.25, -0.2) is 34.7 Å². The number of amides is 3. The van der Waals surface area contributed by atoms with E-state index in [1.165, 1.54) is 12.2 Å². The molecule has 0 unspecified atom stereocenters. The Bertz CT molecular complexity index is 3360. The van der Waals surface area contributed by atoms with Gasteiger partial charge in [-0.15, -0.1) is 0 Å². The van der Waals surface area contributed by atoms with Crippen LogP contribution in [0.3, 0.4) is 0 Å². The molecule has 74 heavy (non-hydrogen) atoms. The number of nitrogens with zero attached hydrogens (tertiary/aromatic N) is 12. The van der Waals surface area contributed by atoms with Crippen molar-refractivity contribution in [3.05, 3.63) is 136 Å². The summed E-state index contributed by atoms with van der Waals surface area (Å²) in [4.78, 5) is 84.3. The molecule has 374 valence electrons. The first-order valence-corrected chi connectivity index (χ1v) is 23.4. The first-order chi connectivity index (χ1) is 35.7. The number of nitrogens with one attached hydrogen (secondary N) is 6. The van der Waals surface area contributed by atoms with Gasteiger partial charge in [-0.1, -0.05) is 13.2 Å². The van der Waals surface area contributed by atoms with Gasteiger partial charge in [0.25, 0.3) is 0 Å². The molecule has 8 aromatic rings. The molecule has 2 fully saturated rings. The zero-order valence-corrected chi connectivity index (χ0v) is 40.9. The summed E-state index contributed by atoms with van der Waals surface area (Å²) >= 11 is 0. The predicted molar refractivity (Wildman–Crippen MR) is 284 cm³/mol. The van der Waals surface area contributed by atoms with Crippen LogP contribution in [0.4, 0.5) is 51.1 Å². The maximum absolute atomic E-state index is 12.1. The van der Waals surface area contributed by atoms with Crippen molar-refractivity contribution in [1.29, 1.82) is 0 Å². The van der Waals surface area contributed by atoms with E-state index in [1.807, 2.05) is 57.2 Å². The zero-order valence-electron chi connectivity index (χ0n) is 40.9. The van der Waals surface area contributed by atoms with Crippen LogP contribution in [0.15, 0.2) is 136 Å². The molecule has 3 amide bonds. The van der Waals surface area contributed by atoms with Crippen LogP contribution in [0, 0.1) is 0 Å². The van der Waals surface area contributed by atoms with Crippen LogP contribution >= 0.6 is 0 Å². The van der Waals surface area contributed by atoms with Gasteiger partial charge in [0.1, 0.15) is 39.7 Å². The molecule has 10 rings (SSSR count). The summed E-state index contributed by atoms with van der Waals surface area (Å²) in [5.41, 5.74) is 5.63. The highest BCUT2D eigenvalue weighted by Gasteiger charge is 2.34. The quantitative estimate of drug-likeness (QED) is 0.0577. The maximum Gasteiger partial charge on any atom is 0.410 e. The zero-order chi connectivity index (χ0) is 51.8. The van der Waals surface area contributed by atoms with Gasteiger partial charge in [0.2, 0.25) is 23.7 Å². The van der Waals surface area contributed by atoms with Crippen LogP contribution in [-0.2, 0) is 14.3 Å². The molecule has 10 heterocycles. The molecule has 0 spiro atoms. The summed E-state index contributed by atoms with van der Waals surface area (Å²) in [6.45, 7) is 15.6. The fraction of sp³-hybridized carbons (Fsp3) is 0.212. The van der Waals surface area contributed by atoms with Gasteiger partial charge in [0, 0.05) is 85.5 Å². The number of pyridine rings is 6. The second kappa shape index (κ2) is 21.8. The lowest BCUT2D eigenvalue weighted by Gasteiger charge is -2.40. The fourth-order valence-corrected chi connectivity index (χ4v) is 7.69. The number of anilines is 8. The molecule has 0 aromatic carbocycles. The van der Waals surface area contributed by atoms with E-state index in [4.69, 9.17) is 4.74 Å². The second-order valence-electron chi connectivity index (χ2n) is 18.2. The molecule has 6 N–H and O–H groups in total. The lowest BCUT2D eigenvalue weighted by atomic mass is 10.1. The third-order valence-corrected chi connectivity index (χ3v) is 11.2. The van der Waals surface area contributed by atoms with E-state index in [-0.39, 0.29) is 23.9 Å². The summed E-state index contributed by atoms with van der Waals surface area (Å²) in [5, 5.41) is 20.2. The van der Waals surface area contributed by atoms with Gasteiger partial charge in [-0.05, 0) is 101 Å². The van der Waals surface area contributed by atoms with Crippen LogP contribution in [0.1, 0.15) is 20.8 Å². The maximum atomic E-state index is 12.1. The molecule has 22 nitrogen and oxygen atoms in total. The third-order valence-electron chi connectivity index (χ3n) is 11.2. The molecule has 2 aliphatic heterocycles. The standard InChI is InChI=1S/C28H29N9O3.C24H23N9O/c1-5-23(38)34-18-9-11-29-21(12-18)25-24-17(8-10-30-25)13-32-26(36-24)35-19-6-7-22(31-14-19)33-20-15-37(16-20)27(39)40-28(2,3)4;1-3-21(34)30-16-7-9-25-19(10-16)23-22-15(6-8-26-23)11-28-24(32-22)31-17-4-5-20(27-12-17)29-18-13-33(2)14-18/h5-14,20H,1,15-16H2,2-4H3,(H,31,33)(H,29,34,38)(H,32,35,36);3-12,18H,1,13-14H2,2H3,(H,27,29)(H,25,30,34)(H,28,31,32). The average Bonchev–Trinajstić information content (AvgIpc) is 3.37. The minimum absolute atomic E-state index is 0.103. The number of rotatable bonds is 14. The first-order valence-electron chi connectivity index (χ1n) is 23.4. The van der Waals surface area contributed by atoms with E-state index in [1.54, 1.807) is 78.7 Å². The number of aromatic nitrogens is 10. The van der Waals surface area contributed by atoms with Crippen molar-refractivity contribution in [1.82, 2.24) is 59.6 Å². The number of fused-ring (bicyclic) bond motifs is 2. The van der Waals surface area contributed by atoms with E-state index in [9.17, 15) is 14.4 Å². The second-order valence-corrected chi connectivity index (χ2v) is 18.2. The lowest BCUT2D eigenvalue weighted by Crippen LogP contribution is -2.58. The first kappa shape index (κ1) is 49.4. The number of hydrogen-bond acceptors (Lipinski definition) is 19. The van der Waals surface area contributed by atoms with Crippen LogP contribution in [-0.4, -0.2) is 128 Å². The normalized spacial score (nSPS) is 13.5. The third kappa shape index (κ3) is 12.5. The molecule has 0 saturated carbocycles. The SMILES string of the molecule is C=CC(=O)Nc1ccnc(-c2nccc3cnc(Nc4ccc(NC5CN(C(=O)OC(C)(C)C)C5)nc4)nc23)c1.C=CC(=O)Nc1ccnc(-c2nccc3cnc(Nc4ccc(NC5CN(C)C5)nc4)nc23)c1. The molecule has 0 bridgehead atoms. The van der Waals surface area contributed by atoms with E-state index in [0.29, 0.717) is 87.7 Å². The molecule has 0 atom stereocenters. The average molecular weight is 993 g/mol. The summed E-state index contributed by atoms with van der Waals surface area (Å²) in [6, 6.07) is 18.6. The van der Waals surface area contributed by atoms with Crippen molar-refractivity contribution < 1.29 is 19.1 Å². The number of carbonyl (C=O) groups excluding carboxylic acids is 3. The molecule has 8 aromatic heterocycles. The van der Waals surface area contributed by atoms with Crippen LogP contribution < -0.4 is 31.9 Å². The Balaban J connectivity index is 0.000000184. The Morgan fingerprint density at radius 1 is 0.581 bits per heavy atom. The molecule has 22 heteroatoms. The van der Waals surface area contributed by atoms with Gasteiger partial charge >= 0.3 is 6.09 Å². The molecule has 2 aliphatic rings. The van der Waals surface area contributed by atoms with Gasteiger partial charge < -0.3 is 46.4 Å². The fourth-order valence-electron chi connectivity index (χ4n) is 7.69. The number of likely N-dealkylation sites (tertiary alicyclic amines) is 2. The molecule has 2 saturated heterocycles. The van der Waals surface area contributed by atoms with Crippen molar-refractivity contribution in [3.63, 3.8) is 0 Å². The van der Waals surface area contributed by atoms with E-state index >= 15 is 0 Å². The molecular weight excluding hydrogens is 941 g/mol. The number of likely N-dealkylation sites (N-methyl/N-ethyl adjacent to an activating group) is 1. The molecular formula is C52H52N18O4. The summed E-state index contributed by atoms with van der Waals surface area (Å²) in [6.07, 6.45) is 15.5. The van der Waals surface area contributed by atoms with Crippen molar-refractivity contribution in [3.8, 4) is 22.8 Å². The predicted octanol–water partition coefficient (Wildman–Crippen LogP) is 7.46. The Morgan fingerprint density at radius 2 is 1.04 bits per heavy atom. The van der Waals surface area contributed by atoms with Gasteiger partial charge in [0.05, 0.1) is 47.2 Å². The Hall–Kier alpha value is -9.57. The summed E-state index contributed by atoms with van der Waals surface area (Å²) in [5.74, 6) is 1.70. The molecule has 0 aliphatic carbocycles. The minimum atomic E-state index is -0.515. The number of carbonyl (C=O) groups is 3. The molecule has 0 radical (unpaired) electrons. The highest BCUT2D eigenvalue weighted by molar-refractivity contribution is 6.00. The Morgan fingerprint density at radius 3 is 1.46 bits per heavy atom. The van der Waals surface area contributed by atoms with Gasteiger partial charge in [-0.3, -0.25) is 29.5 Å². The van der Waals surface area contributed by atoms with Crippen molar-refractivity contribution >= 4 is 86.0 Å². The van der Waals surface area contributed by atoms with Crippen LogP contribution in [0.2, 0.25) is 0 Å². The highest BCUT2D eigenvalue weighted by Crippen LogP contribution is 2.29. The van der Waals surface area contributed by atoms with E-state index < -0.39 is 5.60 Å². The van der Waals surface area contributed by atoms with Gasteiger partial charge in [-0.2, -0.15) is 0 Å². The topological polar surface area (TPSA) is 268 Å².